The third kappa shape index (κ3) is 14.5. The van der Waals surface area contributed by atoms with Gasteiger partial charge in [-0.1, -0.05) is 89.3 Å². The van der Waals surface area contributed by atoms with Crippen LogP contribution in [0.4, 0.5) is 0 Å². The Bertz CT molecular complexity index is 1420. The van der Waals surface area contributed by atoms with Gasteiger partial charge >= 0.3 is 11.9 Å². The Morgan fingerprint density at radius 2 is 1.31 bits per heavy atom. The molecule has 3 aromatic carbocycles. The first-order valence-electron chi connectivity index (χ1n) is 17.5. The number of hydrogen-bond acceptors (Lipinski definition) is 7. The third-order valence-corrected chi connectivity index (χ3v) is 8.00. The van der Waals surface area contributed by atoms with Crippen molar-refractivity contribution in [1.82, 2.24) is 0 Å². The Balaban J connectivity index is 1.54. The van der Waals surface area contributed by atoms with Crippen molar-refractivity contribution >= 4 is 11.9 Å². The molecular weight excluding hydrogens is 602 g/mol. The van der Waals surface area contributed by atoms with E-state index in [1.54, 1.807) is 60.7 Å². The number of hydrogen-bond donors (Lipinski definition) is 0. The lowest BCUT2D eigenvalue weighted by molar-refractivity contribution is 0.0466. The Morgan fingerprint density at radius 3 is 1.96 bits per heavy atom. The number of unbranched alkanes of at least 4 members (excludes halogenated alkanes) is 12. The van der Waals surface area contributed by atoms with Crippen molar-refractivity contribution in [3.8, 4) is 23.3 Å². The van der Waals surface area contributed by atoms with Crippen molar-refractivity contribution in [1.29, 1.82) is 5.26 Å². The van der Waals surface area contributed by atoms with Crippen LogP contribution in [0.2, 0.25) is 0 Å². The predicted octanol–water partition coefficient (Wildman–Crippen LogP) is 10.6. The molecule has 0 fully saturated rings. The summed E-state index contributed by atoms with van der Waals surface area (Å²) in [5.41, 5.74) is 1.82. The van der Waals surface area contributed by atoms with Crippen molar-refractivity contribution in [2.75, 3.05) is 13.2 Å². The van der Waals surface area contributed by atoms with Crippen molar-refractivity contribution in [2.24, 2.45) is 0 Å². The first-order valence-corrected chi connectivity index (χ1v) is 17.5. The maximum Gasteiger partial charge on any atom is 0.343 e. The molecule has 0 spiro atoms. The van der Waals surface area contributed by atoms with Gasteiger partial charge in [-0.15, -0.1) is 6.58 Å². The van der Waals surface area contributed by atoms with Gasteiger partial charge < -0.3 is 18.9 Å². The molecule has 0 N–H and O–H groups in total. The van der Waals surface area contributed by atoms with Crippen molar-refractivity contribution < 1.29 is 28.5 Å². The molecule has 0 atom stereocenters. The molecule has 7 heteroatoms. The molecule has 0 aliphatic rings. The maximum absolute atomic E-state index is 13.2. The molecule has 48 heavy (non-hydrogen) atoms. The van der Waals surface area contributed by atoms with Gasteiger partial charge in [0.1, 0.15) is 29.4 Å². The van der Waals surface area contributed by atoms with Gasteiger partial charge in [0.05, 0.1) is 30.4 Å². The summed E-state index contributed by atoms with van der Waals surface area (Å²) in [5.74, 6) is 0.138. The van der Waals surface area contributed by atoms with Crippen LogP contribution in [-0.2, 0) is 11.3 Å². The fourth-order valence-corrected chi connectivity index (χ4v) is 5.14. The summed E-state index contributed by atoms with van der Waals surface area (Å²) in [4.78, 5) is 26.2. The highest BCUT2D eigenvalue weighted by Gasteiger charge is 2.18. The predicted molar refractivity (Wildman–Crippen MR) is 190 cm³/mol. The van der Waals surface area contributed by atoms with E-state index in [2.05, 4.69) is 19.6 Å². The van der Waals surface area contributed by atoms with E-state index in [0.717, 1.165) is 44.1 Å². The fraction of sp³-hybridized carbons (Fsp3) is 0.439. The lowest BCUT2D eigenvalue weighted by Crippen LogP contribution is -2.12. The van der Waals surface area contributed by atoms with Gasteiger partial charge in [-0.25, -0.2) is 9.59 Å². The van der Waals surface area contributed by atoms with Gasteiger partial charge in [0.2, 0.25) is 0 Å². The first-order chi connectivity index (χ1) is 23.5. The minimum Gasteiger partial charge on any atom is -0.494 e. The fourth-order valence-electron chi connectivity index (χ4n) is 5.14. The third-order valence-electron chi connectivity index (χ3n) is 8.00. The molecule has 0 heterocycles. The van der Waals surface area contributed by atoms with Crippen LogP contribution in [0, 0.1) is 11.3 Å². The minimum absolute atomic E-state index is 0.0241. The van der Waals surface area contributed by atoms with Crippen LogP contribution in [0.15, 0.2) is 79.4 Å². The summed E-state index contributed by atoms with van der Waals surface area (Å²) in [5, 5.41) is 9.03. The number of carbonyl (C=O) groups excluding carboxylic acids is 2. The Kier molecular flexibility index (Phi) is 18.1. The second-order valence-electron chi connectivity index (χ2n) is 12.0. The number of allylic oxidation sites excluding steroid dienone is 1. The normalized spacial score (nSPS) is 10.6. The molecule has 0 bridgehead atoms. The van der Waals surface area contributed by atoms with Crippen LogP contribution >= 0.6 is 0 Å². The van der Waals surface area contributed by atoms with E-state index in [1.165, 1.54) is 57.4 Å². The van der Waals surface area contributed by atoms with Crippen LogP contribution in [0.3, 0.4) is 0 Å². The standard InChI is InChI=1S/C41H51NO6/c1-3-5-7-9-11-12-13-15-16-28-45-36-24-22-35(23-25-36)40(43)48-37-26-27-39(46-29-17-14-10-8-6-4-2)38(30-37)41(44)47-32-34-20-18-33(31-42)19-21-34/h3,18-27,30H,1,4-17,28-29,32H2,2H3. The Hall–Kier alpha value is -4.57. The van der Waals surface area contributed by atoms with E-state index < -0.39 is 11.9 Å². The first kappa shape index (κ1) is 37.9. The van der Waals surface area contributed by atoms with E-state index in [0.29, 0.717) is 35.8 Å². The zero-order chi connectivity index (χ0) is 34.2. The molecule has 0 saturated carbocycles. The second kappa shape index (κ2) is 22.9. The maximum atomic E-state index is 13.2. The number of ether oxygens (including phenoxy) is 4. The molecule has 7 nitrogen and oxygen atoms in total. The quantitative estimate of drug-likeness (QED) is 0.0411. The smallest absolute Gasteiger partial charge is 0.343 e. The molecule has 0 unspecified atom stereocenters. The van der Waals surface area contributed by atoms with Crippen molar-refractivity contribution in [2.45, 2.75) is 103 Å². The lowest BCUT2D eigenvalue weighted by Gasteiger charge is -2.13. The highest BCUT2D eigenvalue weighted by atomic mass is 16.5. The molecular formula is C41H51NO6. The van der Waals surface area contributed by atoms with Gasteiger partial charge in [0.15, 0.2) is 0 Å². The SMILES string of the molecule is C=CCCCCCCCCCOc1ccc(C(=O)Oc2ccc(OCCCCCCCC)c(C(=O)OCc3ccc(C#N)cc3)c2)cc1. The molecule has 0 radical (unpaired) electrons. The number of nitriles is 1. The lowest BCUT2D eigenvalue weighted by atomic mass is 10.1. The molecule has 0 aliphatic heterocycles. The van der Waals surface area contributed by atoms with E-state index in [4.69, 9.17) is 24.2 Å². The second-order valence-corrected chi connectivity index (χ2v) is 12.0. The monoisotopic (exact) mass is 653 g/mol. The Labute approximate surface area is 286 Å². The number of benzene rings is 3. The Morgan fingerprint density at radius 1 is 0.708 bits per heavy atom. The average molecular weight is 654 g/mol. The number of carbonyl (C=O) groups is 2. The number of nitrogens with zero attached hydrogens (tertiary/aromatic N) is 1. The van der Waals surface area contributed by atoms with E-state index in [-0.39, 0.29) is 17.9 Å². The molecule has 0 aliphatic carbocycles. The van der Waals surface area contributed by atoms with Crippen LogP contribution in [0.5, 0.6) is 17.2 Å². The molecule has 0 aromatic heterocycles. The summed E-state index contributed by atoms with van der Waals surface area (Å²) < 4.78 is 23.1. The summed E-state index contributed by atoms with van der Waals surface area (Å²) in [7, 11) is 0. The van der Waals surface area contributed by atoms with Crippen LogP contribution in [0.25, 0.3) is 0 Å². The summed E-state index contributed by atoms with van der Waals surface area (Å²) in [6, 6.07) is 20.5. The van der Waals surface area contributed by atoms with Crippen molar-refractivity contribution in [3.05, 3.63) is 102 Å². The van der Waals surface area contributed by atoms with Crippen LogP contribution in [0.1, 0.15) is 129 Å². The molecule has 0 saturated heterocycles. The van der Waals surface area contributed by atoms with Crippen LogP contribution < -0.4 is 14.2 Å². The molecule has 3 rings (SSSR count). The van der Waals surface area contributed by atoms with Crippen molar-refractivity contribution in [3.63, 3.8) is 0 Å². The molecule has 0 amide bonds. The zero-order valence-electron chi connectivity index (χ0n) is 28.6. The van der Waals surface area contributed by atoms with Gasteiger partial charge in [-0.2, -0.15) is 5.26 Å². The molecule has 3 aromatic rings. The number of rotatable bonds is 24. The minimum atomic E-state index is -0.597. The van der Waals surface area contributed by atoms with Crippen LogP contribution in [-0.4, -0.2) is 25.2 Å². The van der Waals surface area contributed by atoms with Gasteiger partial charge in [0.25, 0.3) is 0 Å². The summed E-state index contributed by atoms with van der Waals surface area (Å²) in [6.45, 7) is 7.08. The zero-order valence-corrected chi connectivity index (χ0v) is 28.6. The van der Waals surface area contributed by atoms with E-state index in [9.17, 15) is 9.59 Å². The van der Waals surface area contributed by atoms with Gasteiger partial charge in [0, 0.05) is 0 Å². The van der Waals surface area contributed by atoms with E-state index >= 15 is 0 Å². The highest BCUT2D eigenvalue weighted by Crippen LogP contribution is 2.27. The largest absolute Gasteiger partial charge is 0.494 e. The summed E-state index contributed by atoms with van der Waals surface area (Å²) in [6.07, 6.45) is 18.2. The topological polar surface area (TPSA) is 94.8 Å². The van der Waals surface area contributed by atoms with Gasteiger partial charge in [-0.05, 0) is 85.8 Å². The van der Waals surface area contributed by atoms with E-state index in [1.807, 2.05) is 6.08 Å². The number of esters is 2. The van der Waals surface area contributed by atoms with Gasteiger partial charge in [-0.3, -0.25) is 0 Å². The summed E-state index contributed by atoms with van der Waals surface area (Å²) >= 11 is 0. The molecule has 256 valence electrons. The average Bonchev–Trinajstić information content (AvgIpc) is 3.11. The highest BCUT2D eigenvalue weighted by molar-refractivity contribution is 5.94.